The van der Waals surface area contributed by atoms with Crippen LogP contribution in [0.5, 0.6) is 0 Å². The molecule has 2 aromatic carbocycles. The standard InChI is InChI=1S/C17H9FN4S/c18-12-7-3-1-5-10(12)15-11-6-2-4-8-14(11)23-17(15)16-13(9-19)20-22-21-16/h1-8H,(H,20,21,22). The van der Waals surface area contributed by atoms with Gasteiger partial charge in [0.25, 0.3) is 0 Å². The van der Waals surface area contributed by atoms with Gasteiger partial charge in [0.2, 0.25) is 0 Å². The van der Waals surface area contributed by atoms with E-state index in [0.717, 1.165) is 20.5 Å². The van der Waals surface area contributed by atoms with Crippen molar-refractivity contribution in [3.63, 3.8) is 0 Å². The van der Waals surface area contributed by atoms with E-state index in [4.69, 9.17) is 0 Å². The minimum absolute atomic E-state index is 0.272. The predicted octanol–water partition coefficient (Wildman–Crippen LogP) is 4.36. The maximum atomic E-state index is 14.4. The molecule has 0 radical (unpaired) electrons. The fourth-order valence-corrected chi connectivity index (χ4v) is 3.82. The molecule has 0 aliphatic rings. The van der Waals surface area contributed by atoms with E-state index in [2.05, 4.69) is 15.4 Å². The summed E-state index contributed by atoms with van der Waals surface area (Å²) in [5.41, 5.74) is 1.96. The van der Waals surface area contributed by atoms with Crippen LogP contribution in [0.3, 0.4) is 0 Å². The lowest BCUT2D eigenvalue weighted by molar-refractivity contribution is 0.631. The second kappa shape index (κ2) is 5.30. The Balaban J connectivity index is 2.12. The largest absolute Gasteiger partial charge is 0.247 e. The molecule has 4 aromatic rings. The van der Waals surface area contributed by atoms with Crippen molar-refractivity contribution in [3.8, 4) is 27.8 Å². The number of nitrogens with one attached hydrogen (secondary N) is 1. The van der Waals surface area contributed by atoms with E-state index in [1.807, 2.05) is 30.3 Å². The monoisotopic (exact) mass is 320 g/mol. The van der Waals surface area contributed by atoms with E-state index < -0.39 is 0 Å². The Morgan fingerprint density at radius 1 is 1.09 bits per heavy atom. The average Bonchev–Trinajstić information content (AvgIpc) is 3.19. The number of nitrogens with zero attached hydrogens (tertiary/aromatic N) is 3. The zero-order valence-electron chi connectivity index (χ0n) is 11.7. The SMILES string of the molecule is N#Cc1[nH]nnc1-c1sc2ccccc2c1-c1ccccc1F. The second-order valence-electron chi connectivity index (χ2n) is 4.93. The van der Waals surface area contributed by atoms with Gasteiger partial charge in [0.15, 0.2) is 5.69 Å². The summed E-state index contributed by atoms with van der Waals surface area (Å²) >= 11 is 1.47. The van der Waals surface area contributed by atoms with Crippen LogP contribution in [0.2, 0.25) is 0 Å². The number of hydrogen-bond donors (Lipinski definition) is 1. The van der Waals surface area contributed by atoms with Crippen LogP contribution in [-0.4, -0.2) is 15.4 Å². The number of fused-ring (bicyclic) bond motifs is 1. The summed E-state index contributed by atoms with van der Waals surface area (Å²) in [6.07, 6.45) is 0. The van der Waals surface area contributed by atoms with Gasteiger partial charge >= 0.3 is 0 Å². The van der Waals surface area contributed by atoms with Gasteiger partial charge in [0, 0.05) is 21.2 Å². The van der Waals surface area contributed by atoms with E-state index in [-0.39, 0.29) is 11.5 Å². The normalized spacial score (nSPS) is 10.8. The third kappa shape index (κ3) is 2.10. The van der Waals surface area contributed by atoms with Crippen molar-refractivity contribution < 1.29 is 4.39 Å². The van der Waals surface area contributed by atoms with Crippen LogP contribution < -0.4 is 0 Å². The van der Waals surface area contributed by atoms with Gasteiger partial charge < -0.3 is 0 Å². The molecule has 1 N–H and O–H groups in total. The van der Waals surface area contributed by atoms with Crippen LogP contribution >= 0.6 is 11.3 Å². The fraction of sp³-hybridized carbons (Fsp3) is 0. The van der Waals surface area contributed by atoms with Gasteiger partial charge in [-0.3, -0.25) is 0 Å². The molecule has 110 valence electrons. The van der Waals surface area contributed by atoms with Gasteiger partial charge in [-0.15, -0.1) is 16.4 Å². The lowest BCUT2D eigenvalue weighted by Crippen LogP contribution is -1.87. The first kappa shape index (κ1) is 13.6. The quantitative estimate of drug-likeness (QED) is 0.596. The summed E-state index contributed by atoms with van der Waals surface area (Å²) in [5.74, 6) is -0.306. The van der Waals surface area contributed by atoms with E-state index >= 15 is 0 Å². The first-order chi connectivity index (χ1) is 11.3. The Bertz CT molecular complexity index is 1060. The average molecular weight is 320 g/mol. The number of rotatable bonds is 2. The first-order valence-corrected chi connectivity index (χ1v) is 7.69. The number of halogens is 1. The molecule has 0 unspecified atom stereocenters. The van der Waals surface area contributed by atoms with Crippen molar-refractivity contribution in [2.45, 2.75) is 0 Å². The van der Waals surface area contributed by atoms with Crippen LogP contribution in [0, 0.1) is 17.1 Å². The third-order valence-electron chi connectivity index (χ3n) is 3.61. The van der Waals surface area contributed by atoms with Crippen molar-refractivity contribution in [1.82, 2.24) is 15.4 Å². The molecule has 4 rings (SSSR count). The van der Waals surface area contributed by atoms with Crippen LogP contribution in [0.15, 0.2) is 48.5 Å². The second-order valence-corrected chi connectivity index (χ2v) is 5.98. The summed E-state index contributed by atoms with van der Waals surface area (Å²) in [5, 5.41) is 20.5. The Labute approximate surface area is 134 Å². The number of H-pyrrole nitrogens is 1. The van der Waals surface area contributed by atoms with Crippen molar-refractivity contribution in [2.24, 2.45) is 0 Å². The Kier molecular flexibility index (Phi) is 3.14. The topological polar surface area (TPSA) is 65.4 Å². The van der Waals surface area contributed by atoms with E-state index in [1.165, 1.54) is 17.4 Å². The molecule has 2 aromatic heterocycles. The Morgan fingerprint density at radius 2 is 1.87 bits per heavy atom. The highest BCUT2D eigenvalue weighted by Gasteiger charge is 2.22. The Morgan fingerprint density at radius 3 is 2.70 bits per heavy atom. The third-order valence-corrected chi connectivity index (χ3v) is 4.79. The first-order valence-electron chi connectivity index (χ1n) is 6.87. The lowest BCUT2D eigenvalue weighted by atomic mass is 10.00. The number of nitriles is 1. The van der Waals surface area contributed by atoms with Gasteiger partial charge in [-0.05, 0) is 12.1 Å². The number of hydrogen-bond acceptors (Lipinski definition) is 4. The lowest BCUT2D eigenvalue weighted by Gasteiger charge is -2.05. The van der Waals surface area contributed by atoms with Crippen molar-refractivity contribution in [2.75, 3.05) is 0 Å². The predicted molar refractivity (Wildman–Crippen MR) is 87.3 cm³/mol. The van der Waals surface area contributed by atoms with Gasteiger partial charge in [-0.25, -0.2) is 9.49 Å². The minimum atomic E-state index is -0.306. The number of benzene rings is 2. The van der Waals surface area contributed by atoms with Gasteiger partial charge in [0.05, 0.1) is 4.88 Å². The molecule has 0 aliphatic carbocycles. The highest BCUT2D eigenvalue weighted by atomic mass is 32.1. The maximum absolute atomic E-state index is 14.4. The molecule has 23 heavy (non-hydrogen) atoms. The molecule has 0 saturated heterocycles. The zero-order chi connectivity index (χ0) is 15.8. The summed E-state index contributed by atoms with van der Waals surface area (Å²) < 4.78 is 15.4. The minimum Gasteiger partial charge on any atom is -0.247 e. The fourth-order valence-electron chi connectivity index (χ4n) is 2.61. The maximum Gasteiger partial charge on any atom is 0.164 e. The summed E-state index contributed by atoms with van der Waals surface area (Å²) in [4.78, 5) is 0.738. The zero-order valence-corrected chi connectivity index (χ0v) is 12.6. The molecule has 0 aliphatic heterocycles. The molecule has 0 atom stereocenters. The highest BCUT2D eigenvalue weighted by molar-refractivity contribution is 7.23. The van der Waals surface area contributed by atoms with E-state index in [0.29, 0.717) is 11.3 Å². The molecule has 0 bridgehead atoms. The summed E-state index contributed by atoms with van der Waals surface area (Å²) in [6.45, 7) is 0. The molecule has 0 spiro atoms. The van der Waals surface area contributed by atoms with Crippen molar-refractivity contribution in [3.05, 3.63) is 60.0 Å². The van der Waals surface area contributed by atoms with E-state index in [1.54, 1.807) is 18.2 Å². The van der Waals surface area contributed by atoms with Gasteiger partial charge in [-0.2, -0.15) is 5.26 Å². The molecular weight excluding hydrogens is 311 g/mol. The number of thiophene rings is 1. The van der Waals surface area contributed by atoms with Gasteiger partial charge in [-0.1, -0.05) is 41.6 Å². The van der Waals surface area contributed by atoms with Crippen LogP contribution in [0.1, 0.15) is 5.69 Å². The molecule has 0 fully saturated rings. The Hall–Kier alpha value is -3.04. The summed E-state index contributed by atoms with van der Waals surface area (Å²) in [7, 11) is 0. The molecule has 6 heteroatoms. The number of aromatic amines is 1. The number of aromatic nitrogens is 3. The molecule has 2 heterocycles. The van der Waals surface area contributed by atoms with Crippen LogP contribution in [-0.2, 0) is 0 Å². The molecule has 0 amide bonds. The molecular formula is C17H9FN4S. The van der Waals surface area contributed by atoms with Crippen LogP contribution in [0.25, 0.3) is 31.8 Å². The smallest absolute Gasteiger partial charge is 0.164 e. The van der Waals surface area contributed by atoms with Crippen LogP contribution in [0.4, 0.5) is 4.39 Å². The summed E-state index contributed by atoms with van der Waals surface area (Å²) in [6, 6.07) is 16.4. The highest BCUT2D eigenvalue weighted by Crippen LogP contribution is 2.45. The molecule has 0 saturated carbocycles. The van der Waals surface area contributed by atoms with Gasteiger partial charge in [0.1, 0.15) is 17.6 Å². The van der Waals surface area contributed by atoms with E-state index in [9.17, 15) is 9.65 Å². The van der Waals surface area contributed by atoms with Crippen molar-refractivity contribution in [1.29, 1.82) is 5.26 Å². The van der Waals surface area contributed by atoms with Crippen molar-refractivity contribution >= 4 is 21.4 Å². The molecule has 4 nitrogen and oxygen atoms in total.